The van der Waals surface area contributed by atoms with Crippen molar-refractivity contribution in [2.24, 2.45) is 0 Å². The highest BCUT2D eigenvalue weighted by atomic mass is 35.5. The van der Waals surface area contributed by atoms with Crippen LogP contribution in [0.2, 0.25) is 5.02 Å². The summed E-state index contributed by atoms with van der Waals surface area (Å²) in [5, 5.41) is 3.35. The van der Waals surface area contributed by atoms with Crippen molar-refractivity contribution in [1.82, 2.24) is 9.97 Å². The van der Waals surface area contributed by atoms with Crippen LogP contribution in [-0.2, 0) is 4.74 Å². The van der Waals surface area contributed by atoms with E-state index in [0.717, 1.165) is 6.20 Å². The Morgan fingerprint density at radius 1 is 1.35 bits per heavy atom. The van der Waals surface area contributed by atoms with Crippen LogP contribution in [0.1, 0.15) is 0 Å². The summed E-state index contributed by atoms with van der Waals surface area (Å²) in [5.41, 5.74) is 0.612. The van der Waals surface area contributed by atoms with E-state index in [9.17, 15) is 4.39 Å². The van der Waals surface area contributed by atoms with E-state index < -0.39 is 5.82 Å². The van der Waals surface area contributed by atoms with Crippen molar-refractivity contribution in [3.63, 3.8) is 0 Å². The summed E-state index contributed by atoms with van der Waals surface area (Å²) in [5.74, 6) is 0.586. The molecule has 1 aliphatic rings. The third-order valence-electron chi connectivity index (χ3n) is 3.44. The molecule has 1 aliphatic heterocycles. The van der Waals surface area contributed by atoms with Crippen LogP contribution < -0.4 is 15.0 Å². The summed E-state index contributed by atoms with van der Waals surface area (Å²) in [4.78, 5) is 10.3. The minimum absolute atomic E-state index is 0.0997. The second-order valence-corrected chi connectivity index (χ2v) is 5.35. The molecule has 0 radical (unpaired) electrons. The number of methoxy groups -OCH3 is 1. The van der Waals surface area contributed by atoms with Gasteiger partial charge in [0.1, 0.15) is 5.75 Å². The Kier molecular flexibility index (Phi) is 4.78. The molecule has 2 heterocycles. The van der Waals surface area contributed by atoms with Crippen molar-refractivity contribution < 1.29 is 13.9 Å². The highest BCUT2D eigenvalue weighted by Gasteiger charge is 2.16. The maximum atomic E-state index is 14.0. The number of hydrogen-bond donors (Lipinski definition) is 1. The minimum atomic E-state index is -0.533. The fourth-order valence-corrected chi connectivity index (χ4v) is 2.50. The topological polar surface area (TPSA) is 59.5 Å². The number of halogens is 2. The van der Waals surface area contributed by atoms with Gasteiger partial charge >= 0.3 is 0 Å². The normalized spacial score (nSPS) is 14.7. The summed E-state index contributed by atoms with van der Waals surface area (Å²) in [6.45, 7) is 2.58. The Hall–Kier alpha value is -2.12. The van der Waals surface area contributed by atoms with Gasteiger partial charge in [-0.25, -0.2) is 9.37 Å². The van der Waals surface area contributed by atoms with E-state index in [-0.39, 0.29) is 5.82 Å². The van der Waals surface area contributed by atoms with E-state index in [2.05, 4.69) is 15.3 Å². The fourth-order valence-electron chi connectivity index (χ4n) is 2.24. The number of anilines is 3. The second-order valence-electron chi connectivity index (χ2n) is 4.94. The summed E-state index contributed by atoms with van der Waals surface area (Å²) in [6.07, 6.45) is 1.16. The number of ether oxygens (including phenoxy) is 2. The Bertz CT molecular complexity index is 695. The van der Waals surface area contributed by atoms with Crippen LogP contribution in [0.3, 0.4) is 0 Å². The molecular formula is C15H16ClFN4O2. The van der Waals surface area contributed by atoms with Gasteiger partial charge in [-0.05, 0) is 18.2 Å². The van der Waals surface area contributed by atoms with Crippen LogP contribution in [0.25, 0.3) is 0 Å². The van der Waals surface area contributed by atoms with Gasteiger partial charge in [-0.1, -0.05) is 11.6 Å². The van der Waals surface area contributed by atoms with E-state index in [4.69, 9.17) is 21.1 Å². The smallest absolute Gasteiger partial charge is 0.227 e. The molecule has 1 fully saturated rings. The number of benzene rings is 1. The van der Waals surface area contributed by atoms with Gasteiger partial charge in [0.15, 0.2) is 11.6 Å². The maximum Gasteiger partial charge on any atom is 0.227 e. The fraction of sp³-hybridized carbons (Fsp3) is 0.333. The third kappa shape index (κ3) is 3.62. The average molecular weight is 339 g/mol. The third-order valence-corrected chi connectivity index (χ3v) is 3.74. The molecule has 0 spiro atoms. The molecule has 0 unspecified atom stereocenters. The highest BCUT2D eigenvalue weighted by Crippen LogP contribution is 2.29. The molecule has 0 amide bonds. The molecule has 2 aromatic rings. The van der Waals surface area contributed by atoms with E-state index in [1.807, 2.05) is 4.90 Å². The summed E-state index contributed by atoms with van der Waals surface area (Å²) in [7, 11) is 1.53. The van der Waals surface area contributed by atoms with Gasteiger partial charge in [0.05, 0.1) is 31.5 Å². The molecule has 8 heteroatoms. The standard InChI is InChI=1S/C15H16ClFN4O2/c1-22-13-3-2-10(8-11(13)16)19-14-12(17)9-18-15(20-14)21-4-6-23-7-5-21/h2-3,8-9H,4-7H2,1H3,(H,18,19,20). The Labute approximate surface area is 138 Å². The lowest BCUT2D eigenvalue weighted by atomic mass is 10.3. The Morgan fingerprint density at radius 2 is 2.13 bits per heavy atom. The molecule has 0 saturated carbocycles. The van der Waals surface area contributed by atoms with Crippen molar-refractivity contribution in [3.8, 4) is 5.75 Å². The van der Waals surface area contributed by atoms with E-state index in [0.29, 0.717) is 48.7 Å². The van der Waals surface area contributed by atoms with Crippen molar-refractivity contribution >= 4 is 29.1 Å². The molecule has 0 bridgehead atoms. The monoisotopic (exact) mass is 338 g/mol. The molecule has 23 heavy (non-hydrogen) atoms. The summed E-state index contributed by atoms with van der Waals surface area (Å²) >= 11 is 6.07. The summed E-state index contributed by atoms with van der Waals surface area (Å²) < 4.78 is 24.4. The largest absolute Gasteiger partial charge is 0.495 e. The average Bonchev–Trinajstić information content (AvgIpc) is 2.58. The zero-order valence-corrected chi connectivity index (χ0v) is 13.3. The Morgan fingerprint density at radius 3 is 2.83 bits per heavy atom. The number of rotatable bonds is 4. The minimum Gasteiger partial charge on any atom is -0.495 e. The molecule has 0 atom stereocenters. The first-order chi connectivity index (χ1) is 11.2. The molecule has 3 rings (SSSR count). The number of nitrogens with zero attached hydrogens (tertiary/aromatic N) is 3. The Balaban J connectivity index is 1.82. The van der Waals surface area contributed by atoms with Crippen LogP contribution in [0, 0.1) is 5.82 Å². The molecule has 1 N–H and O–H groups in total. The van der Waals surface area contributed by atoms with Gasteiger partial charge < -0.3 is 19.7 Å². The lowest BCUT2D eigenvalue weighted by Gasteiger charge is -2.26. The van der Waals surface area contributed by atoms with Crippen LogP contribution in [0.4, 0.5) is 21.8 Å². The first kappa shape index (κ1) is 15.8. The zero-order chi connectivity index (χ0) is 16.2. The first-order valence-corrected chi connectivity index (χ1v) is 7.51. The first-order valence-electron chi connectivity index (χ1n) is 7.13. The molecule has 1 aromatic heterocycles. The highest BCUT2D eigenvalue weighted by molar-refractivity contribution is 6.32. The van der Waals surface area contributed by atoms with Gasteiger partial charge in [-0.2, -0.15) is 4.98 Å². The van der Waals surface area contributed by atoms with E-state index in [1.54, 1.807) is 18.2 Å². The number of hydrogen-bond acceptors (Lipinski definition) is 6. The number of aromatic nitrogens is 2. The predicted molar refractivity (Wildman–Crippen MR) is 86.3 cm³/mol. The van der Waals surface area contributed by atoms with Crippen molar-refractivity contribution in [2.75, 3.05) is 43.6 Å². The van der Waals surface area contributed by atoms with Crippen LogP contribution in [-0.4, -0.2) is 43.4 Å². The molecule has 122 valence electrons. The van der Waals surface area contributed by atoms with E-state index >= 15 is 0 Å². The molecule has 0 aliphatic carbocycles. The van der Waals surface area contributed by atoms with Gasteiger partial charge in [0, 0.05) is 18.8 Å². The van der Waals surface area contributed by atoms with Crippen molar-refractivity contribution in [2.45, 2.75) is 0 Å². The van der Waals surface area contributed by atoms with Gasteiger partial charge in [-0.3, -0.25) is 0 Å². The lowest BCUT2D eigenvalue weighted by Crippen LogP contribution is -2.37. The van der Waals surface area contributed by atoms with Gasteiger partial charge in [0.25, 0.3) is 0 Å². The van der Waals surface area contributed by atoms with Crippen LogP contribution in [0.5, 0.6) is 5.75 Å². The van der Waals surface area contributed by atoms with Crippen LogP contribution in [0.15, 0.2) is 24.4 Å². The molecule has 6 nitrogen and oxygen atoms in total. The lowest BCUT2D eigenvalue weighted by molar-refractivity contribution is 0.122. The molecule has 1 aromatic carbocycles. The SMILES string of the molecule is COc1ccc(Nc2nc(N3CCOCC3)ncc2F)cc1Cl. The van der Waals surface area contributed by atoms with Gasteiger partial charge in [0.2, 0.25) is 5.95 Å². The second kappa shape index (κ2) is 6.97. The predicted octanol–water partition coefficient (Wildman–Crippen LogP) is 2.86. The molecule has 1 saturated heterocycles. The quantitative estimate of drug-likeness (QED) is 0.925. The number of morpholine rings is 1. The summed E-state index contributed by atoms with van der Waals surface area (Å²) in [6, 6.07) is 5.09. The zero-order valence-electron chi connectivity index (χ0n) is 12.6. The van der Waals surface area contributed by atoms with Crippen molar-refractivity contribution in [1.29, 1.82) is 0 Å². The van der Waals surface area contributed by atoms with Gasteiger partial charge in [-0.15, -0.1) is 0 Å². The van der Waals surface area contributed by atoms with Crippen molar-refractivity contribution in [3.05, 3.63) is 35.2 Å². The van der Waals surface area contributed by atoms with E-state index in [1.165, 1.54) is 7.11 Å². The van der Waals surface area contributed by atoms with Crippen LogP contribution >= 0.6 is 11.6 Å². The molecular weight excluding hydrogens is 323 g/mol. The maximum absolute atomic E-state index is 14.0. The number of nitrogens with one attached hydrogen (secondary N) is 1.